The lowest BCUT2D eigenvalue weighted by molar-refractivity contribution is -0.138. The number of nitrogens with zero attached hydrogens (tertiary/aromatic N) is 1. The van der Waals surface area contributed by atoms with Gasteiger partial charge in [-0.1, -0.05) is 15.9 Å². The summed E-state index contributed by atoms with van der Waals surface area (Å²) in [5.74, 6) is 0.0262. The molecule has 2 atom stereocenters. The number of nitrogens with one attached hydrogen (secondary N) is 2. The van der Waals surface area contributed by atoms with Gasteiger partial charge in [0.1, 0.15) is 6.04 Å². The average molecular weight is 426 g/mol. The lowest BCUT2D eigenvalue weighted by Gasteiger charge is -2.29. The molecule has 25 heavy (non-hydrogen) atoms. The molecule has 2 fully saturated rings. The zero-order valence-electron chi connectivity index (χ0n) is 14.1. The predicted octanol–water partition coefficient (Wildman–Crippen LogP) is 2.27. The number of hydrogen-bond donors (Lipinski definition) is 2. The first-order valence-corrected chi connectivity index (χ1v) is 9.88. The fourth-order valence-electron chi connectivity index (χ4n) is 3.26. The quantitative estimate of drug-likeness (QED) is 0.775. The predicted molar refractivity (Wildman–Crippen MR) is 101 cm³/mol. The maximum absolute atomic E-state index is 12.4. The summed E-state index contributed by atoms with van der Waals surface area (Å²) < 4.78 is 0.938. The largest absolute Gasteiger partial charge is 0.345 e. The van der Waals surface area contributed by atoms with Crippen LogP contribution in [0.5, 0.6) is 0 Å². The van der Waals surface area contributed by atoms with Gasteiger partial charge in [0.05, 0.1) is 11.4 Å². The average Bonchev–Trinajstić information content (AvgIpc) is 3.04. The Labute approximate surface area is 159 Å². The first kappa shape index (κ1) is 18.3. The van der Waals surface area contributed by atoms with Gasteiger partial charge in [-0.15, -0.1) is 11.8 Å². The summed E-state index contributed by atoms with van der Waals surface area (Å²) >= 11 is 5.01. The van der Waals surface area contributed by atoms with Crippen molar-refractivity contribution in [1.82, 2.24) is 10.2 Å². The number of anilines is 1. The van der Waals surface area contributed by atoms with Crippen molar-refractivity contribution < 1.29 is 14.4 Å². The molecule has 0 bridgehead atoms. The molecule has 1 aromatic carbocycles. The van der Waals surface area contributed by atoms with Gasteiger partial charge >= 0.3 is 0 Å². The number of benzene rings is 1. The second-order valence-electron chi connectivity index (χ2n) is 6.49. The van der Waals surface area contributed by atoms with Crippen LogP contribution in [0, 0.1) is 6.92 Å². The van der Waals surface area contributed by atoms with Crippen LogP contribution in [-0.2, 0) is 14.4 Å². The third-order valence-corrected chi connectivity index (χ3v) is 6.63. The number of rotatable bonds is 4. The molecule has 2 N–H and O–H groups in total. The Bertz CT molecular complexity index is 742. The van der Waals surface area contributed by atoms with Crippen LogP contribution in [0.4, 0.5) is 5.69 Å². The minimum absolute atomic E-state index is 0.0163. The van der Waals surface area contributed by atoms with Gasteiger partial charge in [-0.25, -0.2) is 0 Å². The molecular formula is C17H20BrN3O3S. The fraction of sp³-hybridized carbons (Fsp3) is 0.471. The van der Waals surface area contributed by atoms with Gasteiger partial charge in [0.2, 0.25) is 17.7 Å². The molecule has 8 heteroatoms. The van der Waals surface area contributed by atoms with Gasteiger partial charge in [0, 0.05) is 22.3 Å². The molecule has 0 spiro atoms. The molecule has 3 rings (SSSR count). The van der Waals surface area contributed by atoms with Gasteiger partial charge < -0.3 is 15.5 Å². The number of thioether (sulfide) groups is 1. The lowest BCUT2D eigenvalue weighted by atomic mass is 10.2. The number of carbonyl (C=O) groups is 3. The van der Waals surface area contributed by atoms with E-state index in [0.29, 0.717) is 17.9 Å². The maximum atomic E-state index is 12.4. The second-order valence-corrected chi connectivity index (χ2v) is 8.91. The van der Waals surface area contributed by atoms with Gasteiger partial charge in [-0.2, -0.15) is 0 Å². The van der Waals surface area contributed by atoms with Crippen molar-refractivity contribution in [1.29, 1.82) is 0 Å². The van der Waals surface area contributed by atoms with Crippen LogP contribution in [0.1, 0.15) is 25.3 Å². The van der Waals surface area contributed by atoms with Crippen molar-refractivity contribution in [3.63, 3.8) is 0 Å². The summed E-state index contributed by atoms with van der Waals surface area (Å²) in [6.07, 6.45) is 1.25. The van der Waals surface area contributed by atoms with Crippen LogP contribution in [0.2, 0.25) is 0 Å². The van der Waals surface area contributed by atoms with E-state index < -0.39 is 6.04 Å². The van der Waals surface area contributed by atoms with Crippen LogP contribution < -0.4 is 10.6 Å². The minimum atomic E-state index is -0.493. The van der Waals surface area contributed by atoms with Crippen LogP contribution in [-0.4, -0.2) is 45.8 Å². The highest BCUT2D eigenvalue weighted by atomic mass is 79.9. The van der Waals surface area contributed by atoms with Gasteiger partial charge in [0.15, 0.2) is 0 Å². The number of amides is 3. The standard InChI is InChI=1S/C17H20BrN3O3S/c1-10-7-11(18)3-4-12(10)20-14(22)8-19-16(24)13-9-25-17(2)6-5-15(23)21(13)17/h3-4,7,13H,5-6,8-9H2,1-2H3,(H,19,24)(H,20,22)/t13-,17+/m0/s1. The third-order valence-electron chi connectivity index (χ3n) is 4.63. The van der Waals surface area contributed by atoms with Crippen molar-refractivity contribution in [3.05, 3.63) is 28.2 Å². The molecule has 0 unspecified atom stereocenters. The molecule has 2 aliphatic heterocycles. The highest BCUT2D eigenvalue weighted by Gasteiger charge is 2.52. The summed E-state index contributed by atoms with van der Waals surface area (Å²) in [6, 6.07) is 5.06. The molecule has 0 radical (unpaired) electrons. The van der Waals surface area contributed by atoms with Crippen molar-refractivity contribution >= 4 is 51.1 Å². The van der Waals surface area contributed by atoms with Gasteiger partial charge in [-0.05, 0) is 44.0 Å². The van der Waals surface area contributed by atoms with Crippen molar-refractivity contribution in [2.75, 3.05) is 17.6 Å². The Morgan fingerprint density at radius 3 is 2.92 bits per heavy atom. The van der Waals surface area contributed by atoms with Gasteiger partial charge in [0.25, 0.3) is 0 Å². The van der Waals surface area contributed by atoms with Crippen LogP contribution >= 0.6 is 27.7 Å². The zero-order chi connectivity index (χ0) is 18.2. The monoisotopic (exact) mass is 425 g/mol. The molecule has 0 aliphatic carbocycles. The van der Waals surface area contributed by atoms with E-state index in [2.05, 4.69) is 26.6 Å². The minimum Gasteiger partial charge on any atom is -0.345 e. The summed E-state index contributed by atoms with van der Waals surface area (Å²) in [6.45, 7) is 3.78. The Morgan fingerprint density at radius 2 is 2.20 bits per heavy atom. The van der Waals surface area contributed by atoms with E-state index >= 15 is 0 Å². The van der Waals surface area contributed by atoms with E-state index in [9.17, 15) is 14.4 Å². The molecule has 1 aromatic rings. The van der Waals surface area contributed by atoms with Crippen LogP contribution in [0.25, 0.3) is 0 Å². The van der Waals surface area contributed by atoms with Crippen LogP contribution in [0.15, 0.2) is 22.7 Å². The molecule has 6 nitrogen and oxygen atoms in total. The van der Waals surface area contributed by atoms with Crippen LogP contribution in [0.3, 0.4) is 0 Å². The second kappa shape index (κ2) is 6.99. The molecular weight excluding hydrogens is 406 g/mol. The van der Waals surface area contributed by atoms with E-state index in [1.54, 1.807) is 22.7 Å². The van der Waals surface area contributed by atoms with Crippen molar-refractivity contribution in [2.24, 2.45) is 0 Å². The third kappa shape index (κ3) is 3.69. The fourth-order valence-corrected chi connectivity index (χ4v) is 5.17. The van der Waals surface area contributed by atoms with E-state index in [1.165, 1.54) is 0 Å². The number of carbonyl (C=O) groups excluding carboxylic acids is 3. The SMILES string of the molecule is Cc1cc(Br)ccc1NC(=O)CNC(=O)[C@@H]1CS[C@]2(C)CCC(=O)N12. The summed E-state index contributed by atoms with van der Waals surface area (Å²) in [5.41, 5.74) is 1.64. The van der Waals surface area contributed by atoms with E-state index in [0.717, 1.165) is 16.5 Å². The van der Waals surface area contributed by atoms with Crippen molar-refractivity contribution in [3.8, 4) is 0 Å². The molecule has 2 saturated heterocycles. The molecule has 0 saturated carbocycles. The van der Waals surface area contributed by atoms with E-state index in [1.807, 2.05) is 26.0 Å². The summed E-state index contributed by atoms with van der Waals surface area (Å²) in [5, 5.41) is 5.44. The zero-order valence-corrected chi connectivity index (χ0v) is 16.5. The first-order valence-electron chi connectivity index (χ1n) is 8.10. The highest BCUT2D eigenvalue weighted by molar-refractivity contribution is 9.10. The van der Waals surface area contributed by atoms with E-state index in [4.69, 9.17) is 0 Å². The summed E-state index contributed by atoms with van der Waals surface area (Å²) in [4.78, 5) is 38.0. The Hall–Kier alpha value is -1.54. The topological polar surface area (TPSA) is 78.5 Å². The normalized spacial score (nSPS) is 25.0. The summed E-state index contributed by atoms with van der Waals surface area (Å²) in [7, 11) is 0. The van der Waals surface area contributed by atoms with Crippen molar-refractivity contribution in [2.45, 2.75) is 37.6 Å². The smallest absolute Gasteiger partial charge is 0.244 e. The molecule has 0 aromatic heterocycles. The molecule has 3 amide bonds. The van der Waals surface area contributed by atoms with E-state index in [-0.39, 0.29) is 29.1 Å². The molecule has 2 aliphatic rings. The first-order chi connectivity index (χ1) is 11.8. The number of halogens is 1. The Balaban J connectivity index is 1.55. The number of aryl methyl sites for hydroxylation is 1. The number of hydrogen-bond acceptors (Lipinski definition) is 4. The highest BCUT2D eigenvalue weighted by Crippen LogP contribution is 2.47. The lowest BCUT2D eigenvalue weighted by Crippen LogP contribution is -2.51. The molecule has 134 valence electrons. The molecule has 2 heterocycles. The maximum Gasteiger partial charge on any atom is 0.244 e. The number of fused-ring (bicyclic) bond motifs is 1. The van der Waals surface area contributed by atoms with Gasteiger partial charge in [-0.3, -0.25) is 14.4 Å². The Kier molecular flexibility index (Phi) is 5.11. The Morgan fingerprint density at radius 1 is 1.44 bits per heavy atom.